The van der Waals surface area contributed by atoms with E-state index in [1.54, 1.807) is 36.7 Å². The Hall–Kier alpha value is -2.36. The van der Waals surface area contributed by atoms with Crippen molar-refractivity contribution in [3.63, 3.8) is 0 Å². The summed E-state index contributed by atoms with van der Waals surface area (Å²) in [7, 11) is 0. The van der Waals surface area contributed by atoms with E-state index in [4.69, 9.17) is 0 Å². The van der Waals surface area contributed by atoms with Crippen LogP contribution in [0.15, 0.2) is 49.3 Å². The Balaban J connectivity index is 2.40. The van der Waals surface area contributed by atoms with Gasteiger partial charge in [0.1, 0.15) is 11.4 Å². The minimum absolute atomic E-state index is 0.211. The molecular weight excluding hydrogens is 214 g/mol. The summed E-state index contributed by atoms with van der Waals surface area (Å²) >= 11 is 0. The number of hydrogen-bond donors (Lipinski definition) is 2. The number of rotatable bonds is 4. The number of aromatic hydroxyl groups is 1. The van der Waals surface area contributed by atoms with Gasteiger partial charge in [0.15, 0.2) is 5.82 Å². The van der Waals surface area contributed by atoms with Gasteiger partial charge in [0, 0.05) is 24.5 Å². The molecular formula is C13H13N3O. The van der Waals surface area contributed by atoms with Crippen molar-refractivity contribution in [1.29, 1.82) is 0 Å². The standard InChI is InChI=1S/C13H13N3O/c1-2-6-15-13-12(14-7-8-16-13)10-4-3-5-11(17)9-10/h2-5,7-9,17H,1,6H2,(H,15,16). The van der Waals surface area contributed by atoms with E-state index in [0.29, 0.717) is 18.1 Å². The lowest BCUT2D eigenvalue weighted by atomic mass is 10.1. The lowest BCUT2D eigenvalue weighted by Gasteiger charge is -2.08. The fourth-order valence-corrected chi connectivity index (χ4v) is 1.50. The number of nitrogens with zero attached hydrogens (tertiary/aromatic N) is 2. The predicted molar refractivity (Wildman–Crippen MR) is 67.8 cm³/mol. The van der Waals surface area contributed by atoms with E-state index >= 15 is 0 Å². The van der Waals surface area contributed by atoms with Crippen LogP contribution in [0.1, 0.15) is 0 Å². The van der Waals surface area contributed by atoms with Gasteiger partial charge < -0.3 is 10.4 Å². The Bertz CT molecular complexity index is 526. The van der Waals surface area contributed by atoms with Crippen molar-refractivity contribution in [3.8, 4) is 17.0 Å². The van der Waals surface area contributed by atoms with Gasteiger partial charge in [0.25, 0.3) is 0 Å². The van der Waals surface area contributed by atoms with Crippen LogP contribution in [0.2, 0.25) is 0 Å². The van der Waals surface area contributed by atoms with E-state index in [1.165, 1.54) is 0 Å². The highest BCUT2D eigenvalue weighted by Crippen LogP contribution is 2.25. The van der Waals surface area contributed by atoms with Crippen molar-refractivity contribution in [2.45, 2.75) is 0 Å². The number of anilines is 1. The van der Waals surface area contributed by atoms with E-state index in [-0.39, 0.29) is 5.75 Å². The molecule has 2 aromatic rings. The Labute approximate surface area is 99.7 Å². The molecule has 1 heterocycles. The molecule has 86 valence electrons. The predicted octanol–water partition coefficient (Wildman–Crippen LogP) is 2.45. The van der Waals surface area contributed by atoms with Crippen LogP contribution in [0.3, 0.4) is 0 Å². The fourth-order valence-electron chi connectivity index (χ4n) is 1.50. The van der Waals surface area contributed by atoms with Gasteiger partial charge in [-0.15, -0.1) is 6.58 Å². The summed E-state index contributed by atoms with van der Waals surface area (Å²) in [5, 5.41) is 12.6. The van der Waals surface area contributed by atoms with Crippen molar-refractivity contribution in [3.05, 3.63) is 49.3 Å². The van der Waals surface area contributed by atoms with Gasteiger partial charge in [0.05, 0.1) is 0 Å². The van der Waals surface area contributed by atoms with Gasteiger partial charge in [-0.25, -0.2) is 4.98 Å². The average molecular weight is 227 g/mol. The second kappa shape index (κ2) is 5.12. The van der Waals surface area contributed by atoms with E-state index in [0.717, 1.165) is 5.56 Å². The molecule has 0 aliphatic rings. The van der Waals surface area contributed by atoms with Crippen LogP contribution >= 0.6 is 0 Å². The summed E-state index contributed by atoms with van der Waals surface area (Å²) < 4.78 is 0. The first-order valence-electron chi connectivity index (χ1n) is 5.26. The van der Waals surface area contributed by atoms with Gasteiger partial charge in [-0.2, -0.15) is 0 Å². The third-order valence-electron chi connectivity index (χ3n) is 2.23. The maximum Gasteiger partial charge on any atom is 0.152 e. The van der Waals surface area contributed by atoms with Crippen molar-refractivity contribution in [2.75, 3.05) is 11.9 Å². The Morgan fingerprint density at radius 3 is 2.88 bits per heavy atom. The summed E-state index contributed by atoms with van der Waals surface area (Å²) in [5.41, 5.74) is 1.54. The van der Waals surface area contributed by atoms with E-state index in [9.17, 15) is 5.11 Å². The molecule has 0 fully saturated rings. The number of phenols is 1. The van der Waals surface area contributed by atoms with Crippen molar-refractivity contribution < 1.29 is 5.11 Å². The largest absolute Gasteiger partial charge is 0.508 e. The van der Waals surface area contributed by atoms with Crippen LogP contribution in [0.4, 0.5) is 5.82 Å². The Kier molecular flexibility index (Phi) is 3.35. The highest BCUT2D eigenvalue weighted by molar-refractivity contribution is 5.72. The van der Waals surface area contributed by atoms with Crippen LogP contribution in [-0.2, 0) is 0 Å². The van der Waals surface area contributed by atoms with Crippen molar-refractivity contribution in [1.82, 2.24) is 9.97 Å². The van der Waals surface area contributed by atoms with Crippen molar-refractivity contribution >= 4 is 5.82 Å². The quantitative estimate of drug-likeness (QED) is 0.788. The first-order valence-corrected chi connectivity index (χ1v) is 5.26. The molecule has 0 saturated carbocycles. The van der Waals surface area contributed by atoms with Gasteiger partial charge in [0.2, 0.25) is 0 Å². The highest BCUT2D eigenvalue weighted by atomic mass is 16.3. The lowest BCUT2D eigenvalue weighted by molar-refractivity contribution is 0.475. The summed E-state index contributed by atoms with van der Waals surface area (Å²) in [5.74, 6) is 0.890. The summed E-state index contributed by atoms with van der Waals surface area (Å²) in [6.07, 6.45) is 5.00. The normalized spacial score (nSPS) is 9.88. The topological polar surface area (TPSA) is 58.0 Å². The lowest BCUT2D eigenvalue weighted by Crippen LogP contribution is -2.03. The van der Waals surface area contributed by atoms with Crippen LogP contribution in [-0.4, -0.2) is 21.6 Å². The van der Waals surface area contributed by atoms with E-state index < -0.39 is 0 Å². The first kappa shape index (κ1) is 11.1. The SMILES string of the molecule is C=CCNc1nccnc1-c1cccc(O)c1. The smallest absolute Gasteiger partial charge is 0.152 e. The molecule has 4 nitrogen and oxygen atoms in total. The molecule has 2 rings (SSSR count). The third-order valence-corrected chi connectivity index (χ3v) is 2.23. The third kappa shape index (κ3) is 2.60. The molecule has 0 amide bonds. The minimum atomic E-state index is 0.211. The molecule has 1 aromatic carbocycles. The second-order valence-corrected chi connectivity index (χ2v) is 3.47. The molecule has 0 radical (unpaired) electrons. The van der Waals surface area contributed by atoms with Crippen LogP contribution in [0.25, 0.3) is 11.3 Å². The van der Waals surface area contributed by atoms with Gasteiger partial charge in [-0.1, -0.05) is 18.2 Å². The molecule has 2 N–H and O–H groups in total. The molecule has 17 heavy (non-hydrogen) atoms. The van der Waals surface area contributed by atoms with Gasteiger partial charge in [-0.05, 0) is 12.1 Å². The van der Waals surface area contributed by atoms with Crippen LogP contribution in [0, 0.1) is 0 Å². The Morgan fingerprint density at radius 1 is 1.29 bits per heavy atom. The molecule has 0 aliphatic heterocycles. The van der Waals surface area contributed by atoms with Gasteiger partial charge >= 0.3 is 0 Å². The zero-order valence-electron chi connectivity index (χ0n) is 9.30. The molecule has 0 spiro atoms. The van der Waals surface area contributed by atoms with E-state index in [1.807, 2.05) is 6.07 Å². The molecule has 0 saturated heterocycles. The summed E-state index contributed by atoms with van der Waals surface area (Å²) in [6.45, 7) is 4.26. The summed E-state index contributed by atoms with van der Waals surface area (Å²) in [6, 6.07) is 6.93. The number of benzene rings is 1. The molecule has 0 bridgehead atoms. The molecule has 0 unspecified atom stereocenters. The van der Waals surface area contributed by atoms with Crippen LogP contribution in [0.5, 0.6) is 5.75 Å². The summed E-state index contributed by atoms with van der Waals surface area (Å²) in [4.78, 5) is 8.49. The fraction of sp³-hybridized carbons (Fsp3) is 0.0769. The zero-order valence-corrected chi connectivity index (χ0v) is 9.30. The van der Waals surface area contributed by atoms with Crippen LogP contribution < -0.4 is 5.32 Å². The Morgan fingerprint density at radius 2 is 2.12 bits per heavy atom. The minimum Gasteiger partial charge on any atom is -0.508 e. The molecule has 1 aromatic heterocycles. The average Bonchev–Trinajstić information content (AvgIpc) is 2.37. The maximum atomic E-state index is 9.46. The number of nitrogens with one attached hydrogen (secondary N) is 1. The van der Waals surface area contributed by atoms with E-state index in [2.05, 4.69) is 21.9 Å². The van der Waals surface area contributed by atoms with Gasteiger partial charge in [-0.3, -0.25) is 4.98 Å². The zero-order chi connectivity index (χ0) is 12.1. The maximum absolute atomic E-state index is 9.46. The molecule has 4 heteroatoms. The number of hydrogen-bond acceptors (Lipinski definition) is 4. The molecule has 0 aliphatic carbocycles. The second-order valence-electron chi connectivity index (χ2n) is 3.47. The first-order chi connectivity index (χ1) is 8.31. The number of phenolic OH excluding ortho intramolecular Hbond substituents is 1. The molecule has 0 atom stereocenters. The monoisotopic (exact) mass is 227 g/mol. The highest BCUT2D eigenvalue weighted by Gasteiger charge is 2.07. The number of aromatic nitrogens is 2. The van der Waals surface area contributed by atoms with Crippen molar-refractivity contribution in [2.24, 2.45) is 0 Å².